The number of rotatable bonds is 1. The summed E-state index contributed by atoms with van der Waals surface area (Å²) in [7, 11) is 0. The van der Waals surface area contributed by atoms with Crippen LogP contribution in [0.4, 0.5) is 4.79 Å². The topological polar surface area (TPSA) is 73.1 Å². The molecule has 5 heteroatoms. The van der Waals surface area contributed by atoms with E-state index in [0.29, 0.717) is 0 Å². The molecule has 0 aromatic carbocycles. The van der Waals surface area contributed by atoms with Gasteiger partial charge >= 0.3 is 6.09 Å². The van der Waals surface area contributed by atoms with Crippen LogP contribution >= 0.6 is 0 Å². The third kappa shape index (κ3) is 0.993. The second kappa shape index (κ2) is 2.61. The van der Waals surface area contributed by atoms with Crippen LogP contribution in [0.15, 0.2) is 5.16 Å². The lowest BCUT2D eigenvalue weighted by Gasteiger charge is -2.27. The number of carbonyl (C=O) groups is 1. The molecule has 0 aromatic rings. The van der Waals surface area contributed by atoms with Gasteiger partial charge in [0.05, 0.1) is 11.8 Å². The monoisotopic (exact) mass is 184 g/mol. The zero-order valence-corrected chi connectivity index (χ0v) is 7.18. The van der Waals surface area contributed by atoms with Gasteiger partial charge in [-0.25, -0.2) is 4.79 Å². The molecule has 5 nitrogen and oxygen atoms in total. The van der Waals surface area contributed by atoms with Crippen molar-refractivity contribution >= 4 is 12.3 Å². The van der Waals surface area contributed by atoms with Crippen LogP contribution < -0.4 is 0 Å². The molecule has 1 amide bonds. The van der Waals surface area contributed by atoms with Crippen LogP contribution in [0.3, 0.4) is 0 Å². The van der Waals surface area contributed by atoms with E-state index in [-0.39, 0.29) is 6.04 Å². The summed E-state index contributed by atoms with van der Waals surface area (Å²) in [5, 5.41) is 20.4. The fourth-order valence-electron chi connectivity index (χ4n) is 2.61. The van der Waals surface area contributed by atoms with Gasteiger partial charge in [-0.15, -0.1) is 0 Å². The first-order valence-electron chi connectivity index (χ1n) is 4.40. The summed E-state index contributed by atoms with van der Waals surface area (Å²) < 4.78 is 0. The van der Waals surface area contributed by atoms with Crippen LogP contribution in [0.1, 0.15) is 25.7 Å². The van der Waals surface area contributed by atoms with Gasteiger partial charge in [-0.1, -0.05) is 5.16 Å². The van der Waals surface area contributed by atoms with E-state index in [4.69, 9.17) is 10.3 Å². The predicted molar refractivity (Wildman–Crippen MR) is 45.1 cm³/mol. The van der Waals surface area contributed by atoms with E-state index in [1.165, 1.54) is 11.1 Å². The summed E-state index contributed by atoms with van der Waals surface area (Å²) in [4.78, 5) is 12.4. The first kappa shape index (κ1) is 8.34. The van der Waals surface area contributed by atoms with Crippen LogP contribution in [0.25, 0.3) is 0 Å². The maximum absolute atomic E-state index is 10.9. The van der Waals surface area contributed by atoms with Gasteiger partial charge in [-0.3, -0.25) is 4.90 Å². The van der Waals surface area contributed by atoms with Crippen molar-refractivity contribution in [1.29, 1.82) is 0 Å². The highest BCUT2D eigenvalue weighted by molar-refractivity contribution is 5.80. The van der Waals surface area contributed by atoms with Crippen molar-refractivity contribution in [2.45, 2.75) is 37.3 Å². The van der Waals surface area contributed by atoms with E-state index in [9.17, 15) is 4.79 Å². The molecule has 0 aliphatic carbocycles. The lowest BCUT2D eigenvalue weighted by Crippen LogP contribution is -2.45. The summed E-state index contributed by atoms with van der Waals surface area (Å²) in [6.07, 6.45) is 3.81. The molecule has 0 saturated carbocycles. The number of nitrogens with zero attached hydrogens (tertiary/aromatic N) is 2. The van der Waals surface area contributed by atoms with Crippen LogP contribution in [-0.2, 0) is 0 Å². The molecule has 72 valence electrons. The molecule has 2 bridgehead atoms. The minimum Gasteiger partial charge on any atom is -0.465 e. The third-order valence-corrected chi connectivity index (χ3v) is 3.17. The normalized spacial score (nSPS) is 37.5. The fourth-order valence-corrected chi connectivity index (χ4v) is 2.61. The van der Waals surface area contributed by atoms with Crippen LogP contribution in [0.2, 0.25) is 0 Å². The number of fused-ring (bicyclic) bond motifs is 2. The van der Waals surface area contributed by atoms with Crippen molar-refractivity contribution in [3.05, 3.63) is 0 Å². The third-order valence-electron chi connectivity index (χ3n) is 3.17. The fraction of sp³-hybridized carbons (Fsp3) is 0.750. The van der Waals surface area contributed by atoms with Crippen LogP contribution in [-0.4, -0.2) is 39.1 Å². The second-order valence-electron chi connectivity index (χ2n) is 3.73. The predicted octanol–water partition coefficient (Wildman–Crippen LogP) is 1.12. The Morgan fingerprint density at radius 1 is 1.54 bits per heavy atom. The SMILES string of the molecule is O=C(O)N1C2CCC1(C=NO)CC2. The average Bonchev–Trinajstić information content (AvgIpc) is 2.58. The standard InChI is InChI=1S/C8H12N2O3/c11-7(12)10-6-1-3-8(10,4-2-6)5-9-13/h5-6,13H,1-4H2,(H,11,12). The largest absolute Gasteiger partial charge is 0.465 e. The zero-order chi connectivity index (χ0) is 9.47. The number of amides is 1. The summed E-state index contributed by atoms with van der Waals surface area (Å²) in [5.41, 5.74) is -0.509. The Balaban J connectivity index is 2.31. The van der Waals surface area contributed by atoms with E-state index in [0.717, 1.165) is 25.7 Å². The van der Waals surface area contributed by atoms with Gasteiger partial charge in [0, 0.05) is 6.04 Å². The van der Waals surface area contributed by atoms with Gasteiger partial charge in [0.15, 0.2) is 0 Å². The highest BCUT2D eigenvalue weighted by Crippen LogP contribution is 2.45. The highest BCUT2D eigenvalue weighted by atomic mass is 16.4. The summed E-state index contributed by atoms with van der Waals surface area (Å²) in [6, 6.07) is 0.135. The van der Waals surface area contributed by atoms with Crippen molar-refractivity contribution in [1.82, 2.24) is 4.90 Å². The molecule has 0 unspecified atom stereocenters. The minimum absolute atomic E-state index is 0.135. The van der Waals surface area contributed by atoms with Crippen LogP contribution in [0.5, 0.6) is 0 Å². The quantitative estimate of drug-likeness (QED) is 0.364. The lowest BCUT2D eigenvalue weighted by molar-refractivity contribution is 0.128. The first-order valence-corrected chi connectivity index (χ1v) is 4.40. The minimum atomic E-state index is -0.903. The lowest BCUT2D eigenvalue weighted by atomic mass is 9.89. The molecule has 2 fully saturated rings. The van der Waals surface area contributed by atoms with Gasteiger partial charge in [0.2, 0.25) is 0 Å². The Hall–Kier alpha value is -1.26. The van der Waals surface area contributed by atoms with E-state index < -0.39 is 11.6 Å². The van der Waals surface area contributed by atoms with Crippen molar-refractivity contribution in [3.8, 4) is 0 Å². The van der Waals surface area contributed by atoms with Gasteiger partial charge in [0.25, 0.3) is 0 Å². The summed E-state index contributed by atoms with van der Waals surface area (Å²) in [5.74, 6) is 0. The molecule has 2 rings (SSSR count). The molecular weight excluding hydrogens is 172 g/mol. The number of oxime groups is 1. The Labute approximate surface area is 75.6 Å². The van der Waals surface area contributed by atoms with Crippen molar-refractivity contribution in [3.63, 3.8) is 0 Å². The van der Waals surface area contributed by atoms with Crippen molar-refractivity contribution in [2.24, 2.45) is 5.16 Å². The maximum Gasteiger partial charge on any atom is 0.408 e. The Morgan fingerprint density at radius 3 is 2.62 bits per heavy atom. The highest BCUT2D eigenvalue weighted by Gasteiger charge is 2.53. The van der Waals surface area contributed by atoms with E-state index in [2.05, 4.69) is 5.16 Å². The van der Waals surface area contributed by atoms with Crippen molar-refractivity contribution in [2.75, 3.05) is 0 Å². The molecule has 0 spiro atoms. The van der Waals surface area contributed by atoms with E-state index >= 15 is 0 Å². The number of hydrogen-bond donors (Lipinski definition) is 2. The molecule has 2 heterocycles. The van der Waals surface area contributed by atoms with Crippen LogP contribution in [0, 0.1) is 0 Å². The molecule has 2 aliphatic heterocycles. The first-order chi connectivity index (χ1) is 6.19. The molecular formula is C8H12N2O3. The molecule has 13 heavy (non-hydrogen) atoms. The Kier molecular flexibility index (Phi) is 1.68. The Bertz CT molecular complexity index is 256. The molecule has 0 aromatic heterocycles. The average molecular weight is 184 g/mol. The van der Waals surface area contributed by atoms with Gasteiger partial charge in [0.1, 0.15) is 0 Å². The molecule has 2 aliphatic rings. The number of hydrogen-bond acceptors (Lipinski definition) is 3. The van der Waals surface area contributed by atoms with E-state index in [1.807, 2.05) is 0 Å². The molecule has 0 radical (unpaired) electrons. The summed E-state index contributed by atoms with van der Waals surface area (Å²) in [6.45, 7) is 0. The van der Waals surface area contributed by atoms with E-state index in [1.54, 1.807) is 0 Å². The summed E-state index contributed by atoms with van der Waals surface area (Å²) >= 11 is 0. The maximum atomic E-state index is 10.9. The molecule has 2 saturated heterocycles. The molecule has 2 N–H and O–H groups in total. The van der Waals surface area contributed by atoms with Gasteiger partial charge in [-0.05, 0) is 25.7 Å². The van der Waals surface area contributed by atoms with Gasteiger partial charge < -0.3 is 10.3 Å². The zero-order valence-electron chi connectivity index (χ0n) is 7.18. The second-order valence-corrected chi connectivity index (χ2v) is 3.73. The smallest absolute Gasteiger partial charge is 0.408 e. The number of carboxylic acid groups (broad SMARTS) is 1. The Morgan fingerprint density at radius 2 is 2.15 bits per heavy atom. The van der Waals surface area contributed by atoms with Gasteiger partial charge in [-0.2, -0.15) is 0 Å². The van der Waals surface area contributed by atoms with Crippen molar-refractivity contribution < 1.29 is 15.1 Å². The molecule has 0 atom stereocenters.